The first-order valence-electron chi connectivity index (χ1n) is 8.49. The van der Waals surface area contributed by atoms with Crippen LogP contribution in [0.4, 0.5) is 0 Å². The lowest BCUT2D eigenvalue weighted by Gasteiger charge is -2.21. The van der Waals surface area contributed by atoms with Gasteiger partial charge in [-0.2, -0.15) is 0 Å². The normalized spacial score (nSPS) is 10.2. The van der Waals surface area contributed by atoms with E-state index in [1.807, 2.05) is 42.5 Å². The van der Waals surface area contributed by atoms with Gasteiger partial charge in [0.1, 0.15) is 5.75 Å². The first-order chi connectivity index (χ1) is 12.5. The van der Waals surface area contributed by atoms with Gasteiger partial charge >= 0.3 is 0 Å². The van der Waals surface area contributed by atoms with Crippen LogP contribution in [0, 0.1) is 0 Å². The largest absolute Gasteiger partial charge is 0.493 e. The number of carbonyl (C=O) groups excluding carboxylic acids is 2. The lowest BCUT2D eigenvalue weighted by atomic mass is 10.2. The number of hydrogen-bond acceptors (Lipinski definition) is 3. The molecule has 0 aliphatic carbocycles. The highest BCUT2D eigenvalue weighted by molar-refractivity contribution is 6.30. The summed E-state index contributed by atoms with van der Waals surface area (Å²) < 4.78 is 5.49. The molecule has 0 fully saturated rings. The molecular weight excluding hydrogens is 352 g/mol. The highest BCUT2D eigenvalue weighted by Crippen LogP contribution is 2.11. The van der Waals surface area contributed by atoms with Crippen LogP contribution < -0.4 is 10.1 Å². The Hall–Kier alpha value is -2.53. The van der Waals surface area contributed by atoms with Gasteiger partial charge < -0.3 is 15.0 Å². The molecule has 0 atom stereocenters. The van der Waals surface area contributed by atoms with Crippen LogP contribution in [-0.2, 0) is 16.1 Å². The van der Waals surface area contributed by atoms with E-state index >= 15 is 0 Å². The summed E-state index contributed by atoms with van der Waals surface area (Å²) in [5.74, 6) is 0.601. The highest BCUT2D eigenvalue weighted by Gasteiger charge is 2.10. The number of halogens is 1. The smallest absolute Gasteiger partial charge is 0.223 e. The van der Waals surface area contributed by atoms with Gasteiger partial charge in [0.25, 0.3) is 0 Å². The third kappa shape index (κ3) is 7.15. The molecule has 5 nitrogen and oxygen atoms in total. The Bertz CT molecular complexity index is 705. The van der Waals surface area contributed by atoms with Crippen molar-refractivity contribution >= 4 is 23.4 Å². The van der Waals surface area contributed by atoms with Crippen LogP contribution >= 0.6 is 11.6 Å². The molecule has 1 N–H and O–H groups in total. The molecule has 0 aromatic heterocycles. The Kier molecular flexibility index (Phi) is 7.96. The molecule has 138 valence electrons. The fourth-order valence-electron chi connectivity index (χ4n) is 2.36. The molecule has 0 bridgehead atoms. The number of para-hydroxylation sites is 1. The maximum atomic E-state index is 11.9. The number of nitrogens with zero attached hydrogens (tertiary/aromatic N) is 1. The topological polar surface area (TPSA) is 58.6 Å². The summed E-state index contributed by atoms with van der Waals surface area (Å²) in [5, 5.41) is 3.48. The average Bonchev–Trinajstić information content (AvgIpc) is 2.63. The number of carbonyl (C=O) groups is 2. The van der Waals surface area contributed by atoms with Crippen molar-refractivity contribution in [2.75, 3.05) is 19.7 Å². The molecule has 0 heterocycles. The van der Waals surface area contributed by atoms with Crippen molar-refractivity contribution in [1.82, 2.24) is 10.2 Å². The molecule has 2 amide bonds. The predicted molar refractivity (Wildman–Crippen MR) is 102 cm³/mol. The van der Waals surface area contributed by atoms with Crippen LogP contribution in [0.2, 0.25) is 5.02 Å². The number of nitrogens with one attached hydrogen (secondary N) is 1. The Morgan fingerprint density at radius 3 is 2.42 bits per heavy atom. The van der Waals surface area contributed by atoms with E-state index in [0.717, 1.165) is 11.3 Å². The van der Waals surface area contributed by atoms with Gasteiger partial charge in [0.05, 0.1) is 13.0 Å². The minimum atomic E-state index is -0.101. The summed E-state index contributed by atoms with van der Waals surface area (Å²) in [4.78, 5) is 25.3. The molecule has 0 aliphatic rings. The number of benzene rings is 2. The summed E-state index contributed by atoms with van der Waals surface area (Å²) in [6, 6.07) is 16.7. The molecule has 6 heteroatoms. The van der Waals surface area contributed by atoms with E-state index in [-0.39, 0.29) is 18.2 Å². The van der Waals surface area contributed by atoms with E-state index in [2.05, 4.69) is 5.32 Å². The lowest BCUT2D eigenvalue weighted by molar-refractivity contribution is -0.130. The van der Waals surface area contributed by atoms with E-state index in [9.17, 15) is 9.59 Å². The SMILES string of the molecule is CC(=O)N(CCNC(=O)CCOc1ccccc1)Cc1ccc(Cl)cc1. The van der Waals surface area contributed by atoms with Gasteiger partial charge in [-0.1, -0.05) is 41.9 Å². The third-order valence-electron chi connectivity index (χ3n) is 3.78. The molecule has 2 aromatic rings. The molecule has 0 radical (unpaired) electrons. The quantitative estimate of drug-likeness (QED) is 0.732. The highest BCUT2D eigenvalue weighted by atomic mass is 35.5. The van der Waals surface area contributed by atoms with Gasteiger partial charge in [0, 0.05) is 31.6 Å². The van der Waals surface area contributed by atoms with Gasteiger partial charge in [0.2, 0.25) is 11.8 Å². The first kappa shape index (κ1) is 19.8. The van der Waals surface area contributed by atoms with Gasteiger partial charge in [-0.25, -0.2) is 0 Å². The van der Waals surface area contributed by atoms with Crippen molar-refractivity contribution in [1.29, 1.82) is 0 Å². The second-order valence-corrected chi connectivity index (χ2v) is 6.26. The average molecular weight is 375 g/mol. The molecule has 2 rings (SSSR count). The van der Waals surface area contributed by atoms with Gasteiger partial charge in [0.15, 0.2) is 0 Å². The summed E-state index contributed by atoms with van der Waals surface area (Å²) in [6.45, 7) is 3.17. The third-order valence-corrected chi connectivity index (χ3v) is 4.03. The van der Waals surface area contributed by atoms with Crippen LogP contribution in [0.15, 0.2) is 54.6 Å². The number of amides is 2. The van der Waals surface area contributed by atoms with E-state index in [4.69, 9.17) is 16.3 Å². The van der Waals surface area contributed by atoms with Crippen molar-refractivity contribution < 1.29 is 14.3 Å². The van der Waals surface area contributed by atoms with Gasteiger partial charge in [-0.3, -0.25) is 9.59 Å². The van der Waals surface area contributed by atoms with Crippen molar-refractivity contribution in [3.8, 4) is 5.75 Å². The van der Waals surface area contributed by atoms with Crippen LogP contribution in [0.1, 0.15) is 18.9 Å². The van der Waals surface area contributed by atoms with E-state index in [1.54, 1.807) is 17.0 Å². The molecule has 0 saturated carbocycles. The monoisotopic (exact) mass is 374 g/mol. The molecule has 0 aliphatic heterocycles. The summed E-state index contributed by atoms with van der Waals surface area (Å²) >= 11 is 5.87. The maximum Gasteiger partial charge on any atom is 0.223 e. The summed E-state index contributed by atoms with van der Waals surface area (Å²) in [7, 11) is 0. The Morgan fingerprint density at radius 2 is 1.77 bits per heavy atom. The van der Waals surface area contributed by atoms with Gasteiger partial charge in [-0.15, -0.1) is 0 Å². The summed E-state index contributed by atoms with van der Waals surface area (Å²) in [5.41, 5.74) is 0.993. The minimum Gasteiger partial charge on any atom is -0.493 e. The van der Waals surface area contributed by atoms with E-state index < -0.39 is 0 Å². The summed E-state index contributed by atoms with van der Waals surface area (Å²) in [6.07, 6.45) is 0.270. The molecule has 0 saturated heterocycles. The van der Waals surface area contributed by atoms with E-state index in [0.29, 0.717) is 31.3 Å². The Morgan fingerprint density at radius 1 is 1.08 bits per heavy atom. The number of hydrogen-bond donors (Lipinski definition) is 1. The minimum absolute atomic E-state index is 0.0402. The van der Waals surface area contributed by atoms with Crippen molar-refractivity contribution in [3.63, 3.8) is 0 Å². The zero-order valence-electron chi connectivity index (χ0n) is 14.8. The Labute approximate surface area is 158 Å². The predicted octanol–water partition coefficient (Wildman–Crippen LogP) is 3.27. The van der Waals surface area contributed by atoms with E-state index in [1.165, 1.54) is 6.92 Å². The molecule has 0 spiro atoms. The molecule has 2 aromatic carbocycles. The molecular formula is C20H23ClN2O3. The molecule has 26 heavy (non-hydrogen) atoms. The first-order valence-corrected chi connectivity index (χ1v) is 8.87. The number of rotatable bonds is 9. The Balaban J connectivity index is 1.69. The molecule has 0 unspecified atom stereocenters. The van der Waals surface area contributed by atoms with Crippen molar-refractivity contribution in [2.24, 2.45) is 0 Å². The second kappa shape index (κ2) is 10.5. The van der Waals surface area contributed by atoms with Crippen molar-refractivity contribution in [2.45, 2.75) is 19.9 Å². The van der Waals surface area contributed by atoms with Crippen LogP contribution in [0.3, 0.4) is 0 Å². The maximum absolute atomic E-state index is 11.9. The number of ether oxygens (including phenoxy) is 1. The van der Waals surface area contributed by atoms with Crippen LogP contribution in [0.25, 0.3) is 0 Å². The second-order valence-electron chi connectivity index (χ2n) is 5.83. The van der Waals surface area contributed by atoms with Crippen LogP contribution in [0.5, 0.6) is 5.75 Å². The fourth-order valence-corrected chi connectivity index (χ4v) is 2.48. The standard InChI is InChI=1S/C20H23ClN2O3/c1-16(24)23(15-17-7-9-18(21)10-8-17)13-12-22-20(25)11-14-26-19-5-3-2-4-6-19/h2-10H,11-15H2,1H3,(H,22,25). The van der Waals surface area contributed by atoms with Gasteiger partial charge in [-0.05, 0) is 29.8 Å². The fraction of sp³-hybridized carbons (Fsp3) is 0.300. The zero-order valence-corrected chi connectivity index (χ0v) is 15.5. The zero-order chi connectivity index (χ0) is 18.8. The van der Waals surface area contributed by atoms with Crippen LogP contribution in [-0.4, -0.2) is 36.4 Å². The lowest BCUT2D eigenvalue weighted by Crippen LogP contribution is -2.37. The van der Waals surface area contributed by atoms with Crippen molar-refractivity contribution in [3.05, 3.63) is 65.2 Å².